The van der Waals surface area contributed by atoms with Gasteiger partial charge in [0.2, 0.25) is 0 Å². The molecule has 1 aromatic carbocycles. The molecule has 1 aromatic rings. The smallest absolute Gasteiger partial charge is 0.305 e. The van der Waals surface area contributed by atoms with Crippen molar-refractivity contribution in [2.24, 2.45) is 0 Å². The maximum absolute atomic E-state index is 10.7. The number of carbonyl (C=O) groups is 1. The number of hydrogen-bond donors (Lipinski definition) is 2. The molecule has 0 spiro atoms. The lowest BCUT2D eigenvalue weighted by atomic mass is 9.99. The van der Waals surface area contributed by atoms with E-state index in [4.69, 9.17) is 22.0 Å². The van der Waals surface area contributed by atoms with E-state index in [9.17, 15) is 4.79 Å². The summed E-state index contributed by atoms with van der Waals surface area (Å²) in [5.41, 5.74) is 0.223. The molecule has 0 aliphatic rings. The minimum Gasteiger partial charge on any atom is -0.481 e. The van der Waals surface area contributed by atoms with Crippen molar-refractivity contribution in [1.82, 2.24) is 0 Å². The van der Waals surface area contributed by atoms with E-state index in [0.717, 1.165) is 0 Å². The normalized spacial score (nSPS) is 10.7. The van der Waals surface area contributed by atoms with Crippen molar-refractivity contribution in [1.29, 1.82) is 5.26 Å². The highest BCUT2D eigenvalue weighted by atomic mass is 35.5. The zero-order valence-corrected chi connectivity index (χ0v) is 10.4. The van der Waals surface area contributed by atoms with Crippen molar-refractivity contribution in [3.8, 4) is 6.07 Å². The standard InChI is InChI=1S/C12H13ClN2O2/c1-12(2,6-11(16)17)15-10-5-3-4-9(13)8(10)7-14/h3-5,15H,6H2,1-2H3,(H,16,17). The van der Waals surface area contributed by atoms with Crippen molar-refractivity contribution in [3.63, 3.8) is 0 Å². The summed E-state index contributed by atoms with van der Waals surface area (Å²) in [7, 11) is 0. The first kappa shape index (κ1) is 13.3. The van der Waals surface area contributed by atoms with Crippen LogP contribution in [0.15, 0.2) is 18.2 Å². The van der Waals surface area contributed by atoms with Gasteiger partial charge in [-0.2, -0.15) is 5.26 Å². The summed E-state index contributed by atoms with van der Waals surface area (Å²) in [6, 6.07) is 7.03. The van der Waals surface area contributed by atoms with E-state index in [0.29, 0.717) is 16.3 Å². The molecule has 0 unspecified atom stereocenters. The van der Waals surface area contributed by atoms with E-state index in [1.807, 2.05) is 6.07 Å². The van der Waals surface area contributed by atoms with Crippen LogP contribution in [0.2, 0.25) is 5.02 Å². The quantitative estimate of drug-likeness (QED) is 0.864. The van der Waals surface area contributed by atoms with Crippen molar-refractivity contribution >= 4 is 23.3 Å². The third kappa shape index (κ3) is 3.65. The van der Waals surface area contributed by atoms with Crippen LogP contribution >= 0.6 is 11.6 Å². The van der Waals surface area contributed by atoms with Gasteiger partial charge in [-0.1, -0.05) is 17.7 Å². The van der Waals surface area contributed by atoms with Gasteiger partial charge in [-0.25, -0.2) is 0 Å². The zero-order chi connectivity index (χ0) is 13.1. The van der Waals surface area contributed by atoms with Crippen LogP contribution in [0, 0.1) is 11.3 Å². The van der Waals surface area contributed by atoms with Crippen LogP contribution in [-0.2, 0) is 4.79 Å². The van der Waals surface area contributed by atoms with Gasteiger partial charge in [-0.3, -0.25) is 4.79 Å². The van der Waals surface area contributed by atoms with Gasteiger partial charge in [0.15, 0.2) is 0 Å². The van der Waals surface area contributed by atoms with E-state index in [2.05, 4.69) is 5.32 Å². The van der Waals surface area contributed by atoms with E-state index < -0.39 is 11.5 Å². The van der Waals surface area contributed by atoms with Crippen LogP contribution < -0.4 is 5.32 Å². The molecule has 4 nitrogen and oxygen atoms in total. The lowest BCUT2D eigenvalue weighted by Crippen LogP contribution is -2.33. The van der Waals surface area contributed by atoms with Crippen molar-refractivity contribution in [2.45, 2.75) is 25.8 Å². The Labute approximate surface area is 105 Å². The summed E-state index contributed by atoms with van der Waals surface area (Å²) in [5, 5.41) is 21.1. The number of rotatable bonds is 4. The number of anilines is 1. The Hall–Kier alpha value is -1.73. The lowest BCUT2D eigenvalue weighted by molar-refractivity contribution is -0.137. The van der Waals surface area contributed by atoms with Crippen molar-refractivity contribution in [2.75, 3.05) is 5.32 Å². The molecule has 90 valence electrons. The minimum atomic E-state index is -0.900. The Kier molecular flexibility index (Phi) is 3.97. The van der Waals surface area contributed by atoms with E-state index in [-0.39, 0.29) is 6.42 Å². The fraction of sp³-hybridized carbons (Fsp3) is 0.333. The maximum atomic E-state index is 10.7. The minimum absolute atomic E-state index is 0.0512. The van der Waals surface area contributed by atoms with E-state index in [1.54, 1.807) is 32.0 Å². The predicted octanol–water partition coefficient (Wildman–Crippen LogP) is 2.88. The number of hydrogen-bond acceptors (Lipinski definition) is 3. The fourth-order valence-corrected chi connectivity index (χ4v) is 1.75. The molecule has 0 aliphatic heterocycles. The number of carboxylic acids is 1. The van der Waals surface area contributed by atoms with Gasteiger partial charge in [0.1, 0.15) is 6.07 Å². The molecule has 0 heterocycles. The summed E-state index contributed by atoms with van der Waals surface area (Å²) in [4.78, 5) is 10.7. The highest BCUT2D eigenvalue weighted by molar-refractivity contribution is 6.32. The number of nitrogens with zero attached hydrogens (tertiary/aromatic N) is 1. The first-order valence-electron chi connectivity index (χ1n) is 5.04. The first-order valence-corrected chi connectivity index (χ1v) is 5.42. The topological polar surface area (TPSA) is 73.1 Å². The molecule has 0 amide bonds. The van der Waals surface area contributed by atoms with Gasteiger partial charge < -0.3 is 10.4 Å². The Morgan fingerprint density at radius 1 is 1.59 bits per heavy atom. The molecule has 0 atom stereocenters. The monoisotopic (exact) mass is 252 g/mol. The van der Waals surface area contributed by atoms with Gasteiger partial charge in [0, 0.05) is 5.54 Å². The SMILES string of the molecule is CC(C)(CC(=O)O)Nc1cccc(Cl)c1C#N. The van der Waals surface area contributed by atoms with Crippen molar-refractivity contribution in [3.05, 3.63) is 28.8 Å². The Balaban J connectivity index is 3.00. The van der Waals surface area contributed by atoms with Gasteiger partial charge >= 0.3 is 5.97 Å². The molecule has 0 fully saturated rings. The van der Waals surface area contributed by atoms with Crippen LogP contribution in [0.4, 0.5) is 5.69 Å². The van der Waals surface area contributed by atoms with Gasteiger partial charge in [-0.15, -0.1) is 0 Å². The average molecular weight is 253 g/mol. The molecule has 1 rings (SSSR count). The van der Waals surface area contributed by atoms with E-state index >= 15 is 0 Å². The van der Waals surface area contributed by atoms with E-state index in [1.165, 1.54) is 0 Å². The lowest BCUT2D eigenvalue weighted by Gasteiger charge is -2.26. The number of nitrogens with one attached hydrogen (secondary N) is 1. The van der Waals surface area contributed by atoms with Crippen LogP contribution in [0.3, 0.4) is 0 Å². The molecule has 0 aromatic heterocycles. The van der Waals surface area contributed by atoms with Crippen LogP contribution in [-0.4, -0.2) is 16.6 Å². The number of aliphatic carboxylic acids is 1. The number of nitriles is 1. The van der Waals surface area contributed by atoms with Gasteiger partial charge in [0.25, 0.3) is 0 Å². The van der Waals surface area contributed by atoms with Crippen LogP contribution in [0.1, 0.15) is 25.8 Å². The van der Waals surface area contributed by atoms with Crippen LogP contribution in [0.5, 0.6) is 0 Å². The first-order chi connectivity index (χ1) is 7.85. The second-order valence-electron chi connectivity index (χ2n) is 4.35. The Morgan fingerprint density at radius 2 is 2.24 bits per heavy atom. The third-order valence-corrected chi connectivity index (χ3v) is 2.51. The molecule has 0 aliphatic carbocycles. The molecular weight excluding hydrogens is 240 g/mol. The highest BCUT2D eigenvalue weighted by Gasteiger charge is 2.22. The average Bonchev–Trinajstić information content (AvgIpc) is 2.14. The summed E-state index contributed by atoms with van der Waals surface area (Å²) in [6.07, 6.45) is -0.0512. The second kappa shape index (κ2) is 5.07. The second-order valence-corrected chi connectivity index (χ2v) is 4.76. The summed E-state index contributed by atoms with van der Waals surface area (Å²) < 4.78 is 0. The number of halogens is 1. The molecule has 0 bridgehead atoms. The number of carboxylic acid groups (broad SMARTS) is 1. The molecule has 17 heavy (non-hydrogen) atoms. The number of benzene rings is 1. The summed E-state index contributed by atoms with van der Waals surface area (Å²) in [5.74, 6) is -0.900. The van der Waals surface area contributed by atoms with Crippen LogP contribution in [0.25, 0.3) is 0 Å². The molecule has 2 N–H and O–H groups in total. The summed E-state index contributed by atoms with van der Waals surface area (Å²) >= 11 is 5.89. The zero-order valence-electron chi connectivity index (χ0n) is 9.62. The molecular formula is C12H13ClN2O2. The molecule has 5 heteroatoms. The Bertz CT molecular complexity index is 478. The highest BCUT2D eigenvalue weighted by Crippen LogP contribution is 2.26. The fourth-order valence-electron chi connectivity index (χ4n) is 1.53. The Morgan fingerprint density at radius 3 is 2.76 bits per heavy atom. The van der Waals surface area contributed by atoms with Gasteiger partial charge in [-0.05, 0) is 26.0 Å². The predicted molar refractivity (Wildman–Crippen MR) is 66.1 cm³/mol. The molecule has 0 saturated carbocycles. The van der Waals surface area contributed by atoms with Gasteiger partial charge in [0.05, 0.1) is 22.7 Å². The van der Waals surface area contributed by atoms with Crippen molar-refractivity contribution < 1.29 is 9.90 Å². The largest absolute Gasteiger partial charge is 0.481 e. The maximum Gasteiger partial charge on any atom is 0.305 e. The molecule has 0 radical (unpaired) electrons. The summed E-state index contributed by atoms with van der Waals surface area (Å²) in [6.45, 7) is 3.51. The third-order valence-electron chi connectivity index (χ3n) is 2.19. The molecule has 0 saturated heterocycles.